The number of carbonyl (C=O) groups excluding carboxylic acids is 1. The van der Waals surface area contributed by atoms with Crippen molar-refractivity contribution in [2.45, 2.75) is 53.0 Å². The first kappa shape index (κ1) is 17.2. The molecule has 1 aromatic heterocycles. The molecule has 1 amide bonds. The third kappa shape index (κ3) is 4.06. The van der Waals surface area contributed by atoms with Gasteiger partial charge in [-0.05, 0) is 12.8 Å². The molecular weight excluding hydrogens is 266 g/mol. The summed E-state index contributed by atoms with van der Waals surface area (Å²) in [7, 11) is 1.82. The van der Waals surface area contributed by atoms with Crippen molar-refractivity contribution in [3.63, 3.8) is 0 Å². The highest BCUT2D eigenvalue weighted by Gasteiger charge is 2.24. The zero-order chi connectivity index (χ0) is 16.4. The van der Waals surface area contributed by atoms with Crippen molar-refractivity contribution >= 4 is 17.5 Å². The van der Waals surface area contributed by atoms with Gasteiger partial charge in [-0.1, -0.05) is 34.6 Å². The molecule has 1 aromatic rings. The van der Waals surface area contributed by atoms with Crippen LogP contribution in [0.15, 0.2) is 0 Å². The highest BCUT2D eigenvalue weighted by atomic mass is 16.1. The number of rotatable bonds is 5. The van der Waals surface area contributed by atoms with E-state index in [1.54, 1.807) is 0 Å². The molecule has 1 rings (SSSR count). The fraction of sp³-hybridized carbons (Fsp3) is 0.667. The third-order valence-corrected chi connectivity index (χ3v) is 3.32. The van der Waals surface area contributed by atoms with Gasteiger partial charge < -0.3 is 16.4 Å². The van der Waals surface area contributed by atoms with Crippen molar-refractivity contribution in [3.05, 3.63) is 11.4 Å². The summed E-state index contributed by atoms with van der Waals surface area (Å²) in [4.78, 5) is 20.7. The van der Waals surface area contributed by atoms with Gasteiger partial charge in [0.1, 0.15) is 23.5 Å². The van der Waals surface area contributed by atoms with Gasteiger partial charge in [-0.2, -0.15) is 0 Å². The molecule has 1 heterocycles. The lowest BCUT2D eigenvalue weighted by Crippen LogP contribution is -2.40. The lowest BCUT2D eigenvalue weighted by atomic mass is 9.95. The Labute approximate surface area is 126 Å². The highest BCUT2D eigenvalue weighted by molar-refractivity contribution is 5.83. The van der Waals surface area contributed by atoms with Crippen LogP contribution in [0.25, 0.3) is 0 Å². The lowest BCUT2D eigenvalue weighted by molar-refractivity contribution is -0.119. The largest absolute Gasteiger partial charge is 0.373 e. The Morgan fingerprint density at radius 2 is 1.71 bits per heavy atom. The van der Waals surface area contributed by atoms with E-state index in [9.17, 15) is 4.79 Å². The monoisotopic (exact) mass is 293 g/mol. The normalized spacial score (nSPS) is 13.1. The van der Waals surface area contributed by atoms with Crippen molar-refractivity contribution in [3.8, 4) is 0 Å². The average molecular weight is 293 g/mol. The van der Waals surface area contributed by atoms with E-state index in [-0.39, 0.29) is 17.2 Å². The molecule has 0 spiro atoms. The van der Waals surface area contributed by atoms with Gasteiger partial charge in [0, 0.05) is 18.0 Å². The summed E-state index contributed by atoms with van der Waals surface area (Å²) in [5.41, 5.74) is 6.16. The van der Waals surface area contributed by atoms with Crippen molar-refractivity contribution in [2.75, 3.05) is 17.7 Å². The molecule has 21 heavy (non-hydrogen) atoms. The fourth-order valence-corrected chi connectivity index (χ4v) is 1.95. The van der Waals surface area contributed by atoms with Crippen LogP contribution in [0.2, 0.25) is 0 Å². The third-order valence-electron chi connectivity index (χ3n) is 3.32. The summed E-state index contributed by atoms with van der Waals surface area (Å²) in [5.74, 6) is 1.81. The van der Waals surface area contributed by atoms with Gasteiger partial charge in [0.2, 0.25) is 5.91 Å². The Hall–Kier alpha value is -1.85. The average Bonchev–Trinajstić information content (AvgIpc) is 2.35. The van der Waals surface area contributed by atoms with Crippen LogP contribution in [0.3, 0.4) is 0 Å². The van der Waals surface area contributed by atoms with Crippen LogP contribution in [0.5, 0.6) is 0 Å². The smallest absolute Gasteiger partial charge is 0.240 e. The molecule has 0 bridgehead atoms. The van der Waals surface area contributed by atoms with E-state index in [2.05, 4.69) is 41.4 Å². The second-order valence-corrected chi connectivity index (χ2v) is 6.64. The molecule has 0 aliphatic carbocycles. The lowest BCUT2D eigenvalue weighted by Gasteiger charge is -2.24. The van der Waals surface area contributed by atoms with Crippen LogP contribution < -0.4 is 16.4 Å². The number of amides is 1. The van der Waals surface area contributed by atoms with Crippen molar-refractivity contribution in [1.82, 2.24) is 9.97 Å². The van der Waals surface area contributed by atoms with E-state index in [1.807, 2.05) is 27.8 Å². The zero-order valence-electron chi connectivity index (χ0n) is 14.0. The van der Waals surface area contributed by atoms with Gasteiger partial charge in [-0.25, -0.2) is 9.97 Å². The van der Waals surface area contributed by atoms with E-state index < -0.39 is 6.04 Å². The standard InChI is InChI=1S/C15H27N5O/c1-8(2)10(11(16)21)18-13-9(3)12(17-7)19-14(20-13)15(4,5)6/h8,10H,1-7H3,(H2,16,21)(H2,17,18,19,20). The van der Waals surface area contributed by atoms with Crippen LogP contribution in [0, 0.1) is 12.8 Å². The van der Waals surface area contributed by atoms with Gasteiger partial charge in [-0.3, -0.25) is 4.79 Å². The molecule has 0 aliphatic heterocycles. The number of anilines is 2. The van der Waals surface area contributed by atoms with E-state index in [1.165, 1.54) is 0 Å². The molecule has 1 unspecified atom stereocenters. The molecule has 0 aromatic carbocycles. The Bertz CT molecular complexity index is 520. The maximum atomic E-state index is 11.6. The second kappa shape index (κ2) is 6.28. The van der Waals surface area contributed by atoms with Gasteiger partial charge >= 0.3 is 0 Å². The van der Waals surface area contributed by atoms with Crippen LogP contribution in [0.1, 0.15) is 46.0 Å². The van der Waals surface area contributed by atoms with Crippen molar-refractivity contribution in [1.29, 1.82) is 0 Å². The predicted octanol–water partition coefficient (Wildman–Crippen LogP) is 2.05. The van der Waals surface area contributed by atoms with Crippen LogP contribution in [-0.4, -0.2) is 29.0 Å². The SMILES string of the molecule is CNc1nc(C(C)(C)C)nc(NC(C(N)=O)C(C)C)c1C. The zero-order valence-corrected chi connectivity index (χ0v) is 14.0. The molecule has 0 radical (unpaired) electrons. The number of nitrogens with zero attached hydrogens (tertiary/aromatic N) is 2. The molecule has 0 fully saturated rings. The first-order valence-corrected chi connectivity index (χ1v) is 7.20. The van der Waals surface area contributed by atoms with E-state index in [4.69, 9.17) is 5.73 Å². The quantitative estimate of drug-likeness (QED) is 0.772. The number of nitrogens with one attached hydrogen (secondary N) is 2. The Morgan fingerprint density at radius 1 is 1.19 bits per heavy atom. The summed E-state index contributed by atoms with van der Waals surface area (Å²) in [5, 5.41) is 6.24. The maximum absolute atomic E-state index is 11.6. The fourth-order valence-electron chi connectivity index (χ4n) is 1.95. The number of carbonyl (C=O) groups is 1. The minimum Gasteiger partial charge on any atom is -0.373 e. The predicted molar refractivity (Wildman–Crippen MR) is 86.5 cm³/mol. The molecule has 6 heteroatoms. The first-order valence-electron chi connectivity index (χ1n) is 7.20. The number of aromatic nitrogens is 2. The number of hydrogen-bond donors (Lipinski definition) is 3. The highest BCUT2D eigenvalue weighted by Crippen LogP contribution is 2.27. The van der Waals surface area contributed by atoms with Crippen molar-refractivity contribution < 1.29 is 4.79 Å². The second-order valence-electron chi connectivity index (χ2n) is 6.64. The first-order chi connectivity index (χ1) is 9.57. The summed E-state index contributed by atoms with van der Waals surface area (Å²) < 4.78 is 0. The van der Waals surface area contributed by atoms with Gasteiger partial charge in [0.05, 0.1) is 0 Å². The van der Waals surface area contributed by atoms with Crippen LogP contribution in [0.4, 0.5) is 11.6 Å². The number of primary amides is 1. The topological polar surface area (TPSA) is 92.9 Å². The minimum absolute atomic E-state index is 0.0768. The van der Waals surface area contributed by atoms with E-state index >= 15 is 0 Å². The van der Waals surface area contributed by atoms with E-state index in [0.717, 1.165) is 11.4 Å². The molecule has 118 valence electrons. The molecule has 0 saturated heterocycles. The molecule has 6 nitrogen and oxygen atoms in total. The Balaban J connectivity index is 3.31. The summed E-state index contributed by atoms with van der Waals surface area (Å²) >= 11 is 0. The Kier molecular flexibility index (Phi) is 5.15. The van der Waals surface area contributed by atoms with Gasteiger partial charge in [0.15, 0.2) is 0 Å². The molecular formula is C15H27N5O. The van der Waals surface area contributed by atoms with Crippen molar-refractivity contribution in [2.24, 2.45) is 11.7 Å². The van der Waals surface area contributed by atoms with Crippen LogP contribution in [-0.2, 0) is 10.2 Å². The van der Waals surface area contributed by atoms with E-state index in [0.29, 0.717) is 11.6 Å². The summed E-state index contributed by atoms with van der Waals surface area (Å²) in [6, 6.07) is -0.462. The molecule has 4 N–H and O–H groups in total. The molecule has 0 saturated carbocycles. The Morgan fingerprint density at radius 3 is 2.10 bits per heavy atom. The number of nitrogens with two attached hydrogens (primary N) is 1. The molecule has 0 aliphatic rings. The van der Waals surface area contributed by atoms with Gasteiger partial charge in [-0.15, -0.1) is 0 Å². The maximum Gasteiger partial charge on any atom is 0.240 e. The molecule has 1 atom stereocenters. The summed E-state index contributed by atoms with van der Waals surface area (Å²) in [6.07, 6.45) is 0. The minimum atomic E-state index is -0.462. The number of hydrogen-bond acceptors (Lipinski definition) is 5. The van der Waals surface area contributed by atoms with Crippen LogP contribution >= 0.6 is 0 Å². The van der Waals surface area contributed by atoms with Gasteiger partial charge in [0.25, 0.3) is 0 Å². The summed E-state index contributed by atoms with van der Waals surface area (Å²) in [6.45, 7) is 12.0.